The van der Waals surface area contributed by atoms with E-state index in [9.17, 15) is 4.79 Å². The standard InChI is InChI=1S/C19H21N3O.C11H13NO2.C11H15NO.C9H11NO/c1-4-20-14-10-18-15(8-12(14)3)21-16-9-13-6-7-22(5-2)17(13)11-19(16)23-18;1-8(13)12-6-5-9-3-4-10(14-2)7-11(9)12;1-3-12-7-6-9-4-5-10(13-2)8-11(9)12;1-11-8-3-2-7-4-5-10-9(7)6-8/h8-11H,4-7H2,1-3H3;3-4,7H,5-6H2,1-2H3;4-5,8H,3,6-7H2,1-2H3;2-3,6,10H,4-5H2,1H3/p+1. The summed E-state index contributed by atoms with van der Waals surface area (Å²) >= 11 is 0. The topological polar surface area (TPSA) is 107 Å². The molecule has 5 heterocycles. The average molecular weight is 826 g/mol. The number of hydrogen-bond acceptors (Lipinski definition) is 9. The number of likely N-dealkylation sites (N-methyl/N-ethyl adjacent to an activating group) is 2. The first-order chi connectivity index (χ1) is 29.7. The van der Waals surface area contributed by atoms with Gasteiger partial charge in [-0.25, -0.2) is 9.98 Å². The number of fused-ring (bicyclic) bond motifs is 6. The number of carbonyl (C=O) groups is 1. The van der Waals surface area contributed by atoms with Gasteiger partial charge in [-0.1, -0.05) is 18.2 Å². The lowest BCUT2D eigenvalue weighted by Gasteiger charge is -2.16. The molecule has 0 bridgehead atoms. The lowest BCUT2D eigenvalue weighted by Crippen LogP contribution is -2.76. The number of rotatable bonds is 6. The van der Waals surface area contributed by atoms with Crippen LogP contribution in [0.1, 0.15) is 55.5 Å². The van der Waals surface area contributed by atoms with Crippen LogP contribution < -0.4 is 44.6 Å². The summed E-state index contributed by atoms with van der Waals surface area (Å²) in [6.45, 7) is 17.3. The lowest BCUT2D eigenvalue weighted by molar-refractivity contribution is -0.496. The minimum absolute atomic E-state index is 0.0944. The van der Waals surface area contributed by atoms with Crippen LogP contribution in [0, 0.1) is 6.92 Å². The van der Waals surface area contributed by atoms with Gasteiger partial charge < -0.3 is 38.6 Å². The van der Waals surface area contributed by atoms with Crippen LogP contribution in [-0.2, 0) is 30.5 Å². The summed E-state index contributed by atoms with van der Waals surface area (Å²) in [5.41, 5.74) is 14.2. The van der Waals surface area contributed by atoms with E-state index in [2.05, 4.69) is 90.3 Å². The Balaban J connectivity index is 0.000000129. The number of amides is 1. The summed E-state index contributed by atoms with van der Waals surface area (Å²) in [5.74, 6) is 3.62. The fraction of sp³-hybridized carbons (Fsp3) is 0.380. The quantitative estimate of drug-likeness (QED) is 0.172. The van der Waals surface area contributed by atoms with Gasteiger partial charge in [-0.15, -0.1) is 0 Å². The van der Waals surface area contributed by atoms with Crippen molar-refractivity contribution in [2.75, 3.05) is 87.2 Å². The van der Waals surface area contributed by atoms with Gasteiger partial charge in [0.1, 0.15) is 35.0 Å². The average Bonchev–Trinajstić information content (AvgIpc) is 4.11. The van der Waals surface area contributed by atoms with Gasteiger partial charge in [0.05, 0.1) is 33.1 Å². The van der Waals surface area contributed by atoms with Crippen molar-refractivity contribution in [2.45, 2.75) is 60.3 Å². The Hall–Kier alpha value is -6.23. The molecule has 0 fully saturated rings. The third kappa shape index (κ3) is 9.56. The maximum Gasteiger partial charge on any atom is 0.223 e. The molecule has 11 heteroatoms. The van der Waals surface area contributed by atoms with E-state index in [4.69, 9.17) is 23.6 Å². The minimum atomic E-state index is 0.0944. The van der Waals surface area contributed by atoms with Crippen LogP contribution in [0.2, 0.25) is 0 Å². The van der Waals surface area contributed by atoms with E-state index in [1.54, 1.807) is 33.2 Å². The fourth-order valence-electron chi connectivity index (χ4n) is 8.53. The molecule has 0 aromatic heterocycles. The predicted octanol–water partition coefficient (Wildman–Crippen LogP) is 6.97. The molecular formula is C50H61N6O5+. The third-order valence-electron chi connectivity index (χ3n) is 11.9. The number of carbonyl (C=O) groups excluding carboxylic acids is 1. The van der Waals surface area contributed by atoms with Gasteiger partial charge in [0, 0.05) is 93.1 Å². The highest BCUT2D eigenvalue weighted by Crippen LogP contribution is 2.35. The van der Waals surface area contributed by atoms with Crippen LogP contribution in [0.15, 0.2) is 83.3 Å². The van der Waals surface area contributed by atoms with Crippen molar-refractivity contribution in [3.8, 4) is 28.7 Å². The largest absolute Gasteiger partial charge is 0.497 e. The number of anilines is 4. The Morgan fingerprint density at radius 3 is 1.93 bits per heavy atom. The summed E-state index contributed by atoms with van der Waals surface area (Å²) in [7, 11) is 5.04. The number of ether oxygens (including phenoxy) is 3. The third-order valence-corrected chi connectivity index (χ3v) is 11.9. The number of nitrogens with one attached hydrogen (secondary N) is 2. The summed E-state index contributed by atoms with van der Waals surface area (Å²) in [5, 5.41) is 4.41. The second kappa shape index (κ2) is 19.4. The number of methoxy groups -OCH3 is 3. The molecule has 6 aliphatic rings. The normalized spacial score (nSPS) is 14.4. The van der Waals surface area contributed by atoms with Crippen molar-refractivity contribution in [3.05, 3.63) is 112 Å². The maximum atomic E-state index is 11.3. The van der Waals surface area contributed by atoms with Gasteiger partial charge in [-0.2, -0.15) is 0 Å². The van der Waals surface area contributed by atoms with E-state index in [1.807, 2.05) is 36.4 Å². The van der Waals surface area contributed by atoms with Crippen molar-refractivity contribution in [1.29, 1.82) is 0 Å². The Kier molecular flexibility index (Phi) is 13.7. The summed E-state index contributed by atoms with van der Waals surface area (Å²) in [6.07, 6.45) is 4.35. The van der Waals surface area contributed by atoms with E-state index in [1.165, 1.54) is 51.3 Å². The molecule has 320 valence electrons. The lowest BCUT2D eigenvalue weighted by atomic mass is 10.1. The first-order valence-corrected chi connectivity index (χ1v) is 21.6. The molecule has 0 radical (unpaired) electrons. The minimum Gasteiger partial charge on any atom is -0.497 e. The molecule has 11 nitrogen and oxygen atoms in total. The van der Waals surface area contributed by atoms with Crippen molar-refractivity contribution in [1.82, 2.24) is 4.98 Å². The SMILES string of the molecule is CCN1CCc2ccc(OC)cc21.CC[NH+]=c1cc2oc3cc4c(cc3nc-2cc1C)CCN4CC.COc1ccc2c(c1)N(C(C)=O)CC2.COc1ccc2c(c1)NCC2. The molecule has 4 aromatic rings. The Labute approximate surface area is 360 Å². The molecule has 1 aliphatic carbocycles. The highest BCUT2D eigenvalue weighted by Gasteiger charge is 2.23. The van der Waals surface area contributed by atoms with E-state index < -0.39 is 0 Å². The van der Waals surface area contributed by atoms with Crippen LogP contribution in [0.3, 0.4) is 0 Å². The zero-order chi connectivity index (χ0) is 43.0. The van der Waals surface area contributed by atoms with E-state index >= 15 is 0 Å². The molecule has 2 N–H and O–H groups in total. The van der Waals surface area contributed by atoms with Gasteiger partial charge in [0.2, 0.25) is 11.3 Å². The molecule has 10 rings (SSSR count). The maximum absolute atomic E-state index is 11.3. The molecule has 0 atom stereocenters. The Morgan fingerprint density at radius 2 is 1.30 bits per heavy atom. The summed E-state index contributed by atoms with van der Waals surface area (Å²) < 4.78 is 21.6. The van der Waals surface area contributed by atoms with Gasteiger partial charge in [0.15, 0.2) is 11.3 Å². The highest BCUT2D eigenvalue weighted by atomic mass is 16.5. The van der Waals surface area contributed by atoms with E-state index in [0.29, 0.717) is 0 Å². The van der Waals surface area contributed by atoms with E-state index in [0.717, 1.165) is 116 Å². The van der Waals surface area contributed by atoms with Crippen molar-refractivity contribution >= 4 is 39.8 Å². The molecular weight excluding hydrogens is 765 g/mol. The molecule has 5 aliphatic heterocycles. The second-order valence-corrected chi connectivity index (χ2v) is 15.6. The molecule has 1 amide bonds. The first kappa shape index (κ1) is 42.9. The molecule has 0 saturated carbocycles. The van der Waals surface area contributed by atoms with Crippen LogP contribution in [0.4, 0.5) is 22.7 Å². The van der Waals surface area contributed by atoms with Gasteiger partial charge in [-0.3, -0.25) is 4.79 Å². The Bertz CT molecular complexity index is 2530. The molecule has 0 spiro atoms. The fourth-order valence-corrected chi connectivity index (χ4v) is 8.53. The number of hydrogen-bond donors (Lipinski definition) is 2. The van der Waals surface area contributed by atoms with Crippen molar-refractivity contribution < 1.29 is 28.4 Å². The molecule has 0 unspecified atom stereocenters. The van der Waals surface area contributed by atoms with E-state index in [-0.39, 0.29) is 5.91 Å². The van der Waals surface area contributed by atoms with Gasteiger partial charge >= 0.3 is 0 Å². The summed E-state index contributed by atoms with van der Waals surface area (Å²) in [6, 6.07) is 26.9. The number of benzene rings is 5. The smallest absolute Gasteiger partial charge is 0.223 e. The van der Waals surface area contributed by atoms with Gasteiger partial charge in [0.25, 0.3) is 0 Å². The number of aryl methyl sites for hydroxylation is 1. The van der Waals surface area contributed by atoms with Crippen LogP contribution in [-0.4, -0.2) is 78.0 Å². The molecule has 0 saturated heterocycles. The highest BCUT2D eigenvalue weighted by molar-refractivity contribution is 5.94. The second-order valence-electron chi connectivity index (χ2n) is 15.6. The number of nitrogens with zero attached hydrogens (tertiary/aromatic N) is 4. The monoisotopic (exact) mass is 825 g/mol. The van der Waals surface area contributed by atoms with Crippen LogP contribution >= 0.6 is 0 Å². The first-order valence-electron chi connectivity index (χ1n) is 21.6. The van der Waals surface area contributed by atoms with Crippen molar-refractivity contribution in [3.63, 3.8) is 0 Å². The summed E-state index contributed by atoms with van der Waals surface area (Å²) in [4.78, 5) is 26.1. The number of aromatic nitrogens is 1. The predicted molar refractivity (Wildman–Crippen MR) is 246 cm³/mol. The Morgan fingerprint density at radius 1 is 0.705 bits per heavy atom. The zero-order valence-electron chi connectivity index (χ0n) is 37.1. The van der Waals surface area contributed by atoms with Crippen molar-refractivity contribution in [2.24, 2.45) is 0 Å². The zero-order valence-corrected chi connectivity index (χ0v) is 37.1. The van der Waals surface area contributed by atoms with Crippen LogP contribution in [0.5, 0.6) is 17.2 Å². The molecule has 4 aromatic carbocycles. The van der Waals surface area contributed by atoms with Gasteiger partial charge in [-0.05, 0) is 106 Å². The van der Waals surface area contributed by atoms with Crippen LogP contribution in [0.25, 0.3) is 22.6 Å². The molecule has 61 heavy (non-hydrogen) atoms.